The second-order valence-corrected chi connectivity index (χ2v) is 11.0. The number of alkyl halides is 3. The third-order valence-electron chi connectivity index (χ3n) is 8.78. The lowest BCUT2D eigenvalue weighted by molar-refractivity contribution is -0.615. The van der Waals surface area contributed by atoms with E-state index in [2.05, 4.69) is 28.6 Å². The number of aryl methyl sites for hydroxylation is 1. The number of ether oxygens (including phenoxy) is 1. The number of nitrogens with zero attached hydrogens (tertiary/aromatic N) is 5. The molecule has 0 N–H and O–H groups in total. The molecule has 2 fully saturated rings. The number of piperazine rings is 1. The molecule has 0 aliphatic carbocycles. The second kappa shape index (κ2) is 11.4. The molecule has 2 saturated heterocycles. The summed E-state index contributed by atoms with van der Waals surface area (Å²) in [4.78, 5) is 24.0. The Balaban J connectivity index is 1.41. The fourth-order valence-corrected chi connectivity index (χ4v) is 6.02. The van der Waals surface area contributed by atoms with Gasteiger partial charge >= 0.3 is 6.18 Å². The molecule has 2 aliphatic rings. The highest BCUT2D eigenvalue weighted by Crippen LogP contribution is 2.36. The average molecular weight is 550 g/mol. The van der Waals surface area contributed by atoms with Crippen LogP contribution >= 0.6 is 0 Å². The Morgan fingerprint density at radius 1 is 1.18 bits per heavy atom. The van der Waals surface area contributed by atoms with Gasteiger partial charge in [-0.2, -0.15) is 13.2 Å². The Morgan fingerprint density at radius 2 is 1.82 bits per heavy atom. The van der Waals surface area contributed by atoms with Crippen molar-refractivity contribution in [2.75, 3.05) is 53.0 Å². The average Bonchev–Trinajstić information content (AvgIpc) is 2.91. The molecule has 2 aliphatic heterocycles. The molecule has 3 atom stereocenters. The van der Waals surface area contributed by atoms with Crippen LogP contribution in [0.4, 0.5) is 13.2 Å². The van der Waals surface area contributed by atoms with Crippen molar-refractivity contribution in [3.8, 4) is 0 Å². The van der Waals surface area contributed by atoms with Gasteiger partial charge in [0.15, 0.2) is 5.69 Å². The monoisotopic (exact) mass is 549 g/mol. The van der Waals surface area contributed by atoms with Crippen LogP contribution in [-0.2, 0) is 10.9 Å². The molecule has 214 valence electrons. The predicted molar refractivity (Wildman–Crippen MR) is 140 cm³/mol. The van der Waals surface area contributed by atoms with E-state index in [0.717, 1.165) is 50.3 Å². The standard InChI is InChI=1S/C28H38F3N5O3/c1-19-16-34(26(37)25-20(2)32-18-36(38)21(25)3)11-10-27(19,4)35-14-12-33(13-15-35)24(17-39-5)22-6-8-23(9-7-22)28(29,30)31/h6-9,18-19,24H,10-17H2,1-5H3/t19-,24-,27?/m0/s1. The number of aromatic nitrogens is 2. The SMILES string of the molecule is COC[C@@H](c1ccc(C(F)(F)F)cc1)N1CCN(C2(C)CCN(C(=O)c3c(C)nc[n+]([O-])c3C)C[C@@H]2C)CC1. The van der Waals surface area contributed by atoms with Gasteiger partial charge in [0.2, 0.25) is 0 Å². The number of rotatable bonds is 6. The first-order valence-electron chi connectivity index (χ1n) is 13.4. The van der Waals surface area contributed by atoms with E-state index in [1.165, 1.54) is 6.33 Å². The number of methoxy groups -OCH3 is 1. The van der Waals surface area contributed by atoms with Gasteiger partial charge in [0.05, 0.1) is 18.2 Å². The third-order valence-corrected chi connectivity index (χ3v) is 8.78. The lowest BCUT2D eigenvalue weighted by atomic mass is 9.78. The van der Waals surface area contributed by atoms with Crippen LogP contribution in [0.2, 0.25) is 0 Å². The van der Waals surface area contributed by atoms with Gasteiger partial charge in [0.1, 0.15) is 11.3 Å². The van der Waals surface area contributed by atoms with Crippen LogP contribution in [0.15, 0.2) is 30.6 Å². The molecule has 3 heterocycles. The van der Waals surface area contributed by atoms with Crippen molar-refractivity contribution in [2.45, 2.75) is 51.9 Å². The van der Waals surface area contributed by atoms with Crippen molar-refractivity contribution in [3.63, 3.8) is 0 Å². The molecule has 0 spiro atoms. The fraction of sp³-hybridized carbons (Fsp3) is 0.607. The van der Waals surface area contributed by atoms with Crippen LogP contribution in [0.1, 0.15) is 59.2 Å². The molecule has 0 bridgehead atoms. The molecule has 0 radical (unpaired) electrons. The number of hydrogen-bond donors (Lipinski definition) is 0. The summed E-state index contributed by atoms with van der Waals surface area (Å²) in [5, 5.41) is 12.0. The largest absolute Gasteiger partial charge is 0.711 e. The minimum Gasteiger partial charge on any atom is -0.711 e. The first-order valence-corrected chi connectivity index (χ1v) is 13.4. The van der Waals surface area contributed by atoms with Crippen molar-refractivity contribution >= 4 is 5.91 Å². The summed E-state index contributed by atoms with van der Waals surface area (Å²) in [7, 11) is 1.61. The van der Waals surface area contributed by atoms with E-state index in [-0.39, 0.29) is 23.4 Å². The van der Waals surface area contributed by atoms with Crippen LogP contribution in [-0.4, -0.2) is 84.1 Å². The highest BCUT2D eigenvalue weighted by Gasteiger charge is 2.44. The number of halogens is 3. The molecule has 1 amide bonds. The number of amides is 1. The molecule has 1 aromatic carbocycles. The summed E-state index contributed by atoms with van der Waals surface area (Å²) < 4.78 is 45.2. The van der Waals surface area contributed by atoms with E-state index >= 15 is 0 Å². The van der Waals surface area contributed by atoms with Gasteiger partial charge in [0, 0.05) is 58.8 Å². The molecule has 1 unspecified atom stereocenters. The van der Waals surface area contributed by atoms with Crippen molar-refractivity contribution < 1.29 is 27.4 Å². The predicted octanol–water partition coefficient (Wildman–Crippen LogP) is 3.60. The van der Waals surface area contributed by atoms with Gasteiger partial charge < -0.3 is 14.8 Å². The van der Waals surface area contributed by atoms with Crippen LogP contribution < -0.4 is 4.73 Å². The number of piperidine rings is 1. The van der Waals surface area contributed by atoms with Gasteiger partial charge in [-0.15, -0.1) is 0 Å². The van der Waals surface area contributed by atoms with Gasteiger partial charge in [-0.25, -0.2) is 4.73 Å². The van der Waals surface area contributed by atoms with Crippen LogP contribution in [0, 0.1) is 25.0 Å². The van der Waals surface area contributed by atoms with E-state index in [4.69, 9.17) is 4.74 Å². The van der Waals surface area contributed by atoms with E-state index in [0.29, 0.717) is 41.4 Å². The Labute approximate surface area is 227 Å². The first-order chi connectivity index (χ1) is 18.4. The van der Waals surface area contributed by atoms with Gasteiger partial charge in [-0.1, -0.05) is 24.0 Å². The number of carbonyl (C=O) groups excluding carboxylic acids is 1. The van der Waals surface area contributed by atoms with Gasteiger partial charge in [-0.3, -0.25) is 14.6 Å². The molecule has 4 rings (SSSR count). The fourth-order valence-electron chi connectivity index (χ4n) is 6.02. The van der Waals surface area contributed by atoms with E-state index in [1.54, 1.807) is 33.1 Å². The Kier molecular flexibility index (Phi) is 8.53. The molecule has 39 heavy (non-hydrogen) atoms. The summed E-state index contributed by atoms with van der Waals surface area (Å²) in [6, 6.07) is 5.25. The van der Waals surface area contributed by atoms with E-state index < -0.39 is 11.7 Å². The van der Waals surface area contributed by atoms with Crippen molar-refractivity contribution in [3.05, 3.63) is 63.9 Å². The third kappa shape index (κ3) is 5.90. The van der Waals surface area contributed by atoms with Crippen LogP contribution in [0.3, 0.4) is 0 Å². The minimum absolute atomic E-state index is 0.106. The zero-order chi connectivity index (χ0) is 28.5. The number of benzene rings is 1. The maximum atomic E-state index is 13.4. The molecule has 1 aromatic heterocycles. The van der Waals surface area contributed by atoms with Crippen molar-refractivity contribution in [2.24, 2.45) is 5.92 Å². The molecular formula is C28H38F3N5O3. The lowest BCUT2D eigenvalue weighted by Crippen LogP contribution is -2.63. The topological polar surface area (TPSA) is 75.9 Å². The zero-order valence-electron chi connectivity index (χ0n) is 23.3. The Bertz CT molecular complexity index is 1170. The molecule has 0 saturated carbocycles. The molecule has 11 heteroatoms. The summed E-state index contributed by atoms with van der Waals surface area (Å²) >= 11 is 0. The van der Waals surface area contributed by atoms with E-state index in [1.807, 2.05) is 4.90 Å². The van der Waals surface area contributed by atoms with Crippen LogP contribution in [0.5, 0.6) is 0 Å². The smallest absolute Gasteiger partial charge is 0.416 e. The van der Waals surface area contributed by atoms with Crippen LogP contribution in [0.25, 0.3) is 0 Å². The Morgan fingerprint density at radius 3 is 2.38 bits per heavy atom. The zero-order valence-corrected chi connectivity index (χ0v) is 23.3. The molecule has 2 aromatic rings. The summed E-state index contributed by atoms with van der Waals surface area (Å²) in [5.74, 6) is 0.0449. The summed E-state index contributed by atoms with van der Waals surface area (Å²) in [5.41, 5.74) is 1.35. The normalized spacial score (nSPS) is 24.1. The maximum Gasteiger partial charge on any atom is 0.416 e. The second-order valence-electron chi connectivity index (χ2n) is 11.0. The lowest BCUT2D eigenvalue weighted by Gasteiger charge is -2.53. The number of carbonyl (C=O) groups is 1. The Hall–Kier alpha value is -2.76. The van der Waals surface area contributed by atoms with Crippen molar-refractivity contribution in [1.82, 2.24) is 19.7 Å². The quantitative estimate of drug-likeness (QED) is 0.405. The van der Waals surface area contributed by atoms with Crippen molar-refractivity contribution in [1.29, 1.82) is 0 Å². The number of hydrogen-bond acceptors (Lipinski definition) is 6. The highest BCUT2D eigenvalue weighted by molar-refractivity contribution is 5.96. The first kappa shape index (κ1) is 29.2. The number of likely N-dealkylation sites (tertiary alicyclic amines) is 1. The minimum atomic E-state index is -4.36. The van der Waals surface area contributed by atoms with Gasteiger partial charge in [-0.05, 0) is 43.9 Å². The summed E-state index contributed by atoms with van der Waals surface area (Å²) in [6.45, 7) is 12.5. The molecular weight excluding hydrogens is 511 g/mol. The summed E-state index contributed by atoms with van der Waals surface area (Å²) in [6.07, 6.45) is -2.37. The van der Waals surface area contributed by atoms with E-state index in [9.17, 15) is 23.2 Å². The maximum absolute atomic E-state index is 13.4. The molecule has 8 nitrogen and oxygen atoms in total. The highest BCUT2D eigenvalue weighted by atomic mass is 19.4. The van der Waals surface area contributed by atoms with Gasteiger partial charge in [0.25, 0.3) is 12.2 Å².